The van der Waals surface area contributed by atoms with E-state index >= 15 is 0 Å². The Morgan fingerprint density at radius 1 is 1.18 bits per heavy atom. The molecule has 0 fully saturated rings. The van der Waals surface area contributed by atoms with Crippen LogP contribution in [0.2, 0.25) is 0 Å². The SMILES string of the molecule is CCNC(=NCc1cnn(Cc2ccccc2)c1)NCCc1csc(C)n1.I. The number of nitrogens with zero attached hydrogens (tertiary/aromatic N) is 4. The Morgan fingerprint density at radius 2 is 2.00 bits per heavy atom. The summed E-state index contributed by atoms with van der Waals surface area (Å²) in [6.07, 6.45) is 4.83. The van der Waals surface area contributed by atoms with Gasteiger partial charge in [-0.05, 0) is 19.4 Å². The molecule has 0 unspecified atom stereocenters. The van der Waals surface area contributed by atoms with E-state index in [0.717, 1.165) is 48.3 Å². The number of halogens is 1. The van der Waals surface area contributed by atoms with Gasteiger partial charge in [-0.2, -0.15) is 5.10 Å². The molecule has 28 heavy (non-hydrogen) atoms. The smallest absolute Gasteiger partial charge is 0.191 e. The van der Waals surface area contributed by atoms with Crippen LogP contribution in [0.4, 0.5) is 0 Å². The second-order valence-corrected chi connectivity index (χ2v) is 7.32. The highest BCUT2D eigenvalue weighted by Crippen LogP contribution is 2.08. The maximum Gasteiger partial charge on any atom is 0.191 e. The predicted octanol–water partition coefficient (Wildman–Crippen LogP) is 3.61. The molecule has 8 heteroatoms. The molecule has 0 spiro atoms. The molecule has 2 heterocycles. The molecule has 0 atom stereocenters. The van der Waals surface area contributed by atoms with E-state index in [1.54, 1.807) is 11.3 Å². The fourth-order valence-electron chi connectivity index (χ4n) is 2.69. The lowest BCUT2D eigenvalue weighted by Crippen LogP contribution is -2.38. The van der Waals surface area contributed by atoms with Crippen LogP contribution in [0.5, 0.6) is 0 Å². The van der Waals surface area contributed by atoms with Gasteiger partial charge in [0.15, 0.2) is 5.96 Å². The number of benzene rings is 1. The van der Waals surface area contributed by atoms with Crippen LogP contribution in [-0.2, 0) is 19.5 Å². The average Bonchev–Trinajstić information content (AvgIpc) is 3.29. The van der Waals surface area contributed by atoms with Crippen LogP contribution in [-0.4, -0.2) is 33.8 Å². The predicted molar refractivity (Wildman–Crippen MR) is 127 cm³/mol. The van der Waals surface area contributed by atoms with Gasteiger partial charge in [0.25, 0.3) is 0 Å². The van der Waals surface area contributed by atoms with Crippen molar-refractivity contribution in [1.29, 1.82) is 0 Å². The van der Waals surface area contributed by atoms with Gasteiger partial charge in [0, 0.05) is 36.7 Å². The molecule has 0 saturated carbocycles. The lowest BCUT2D eigenvalue weighted by atomic mass is 10.2. The second-order valence-electron chi connectivity index (χ2n) is 6.26. The minimum Gasteiger partial charge on any atom is -0.357 e. The zero-order chi connectivity index (χ0) is 18.9. The fourth-order valence-corrected chi connectivity index (χ4v) is 3.34. The molecular weight excluding hydrogens is 483 g/mol. The molecule has 0 aliphatic heterocycles. The molecular formula is C20H27IN6S. The molecule has 0 bridgehead atoms. The van der Waals surface area contributed by atoms with Gasteiger partial charge in [0.05, 0.1) is 30.0 Å². The van der Waals surface area contributed by atoms with Gasteiger partial charge in [-0.15, -0.1) is 35.3 Å². The van der Waals surface area contributed by atoms with E-state index in [1.165, 1.54) is 5.56 Å². The van der Waals surface area contributed by atoms with Gasteiger partial charge in [-0.1, -0.05) is 30.3 Å². The van der Waals surface area contributed by atoms with E-state index in [-0.39, 0.29) is 24.0 Å². The number of nitrogens with one attached hydrogen (secondary N) is 2. The van der Waals surface area contributed by atoms with Crippen molar-refractivity contribution in [2.24, 2.45) is 4.99 Å². The third-order valence-corrected chi connectivity index (χ3v) is 4.80. The lowest BCUT2D eigenvalue weighted by Gasteiger charge is -2.10. The van der Waals surface area contributed by atoms with E-state index in [1.807, 2.05) is 36.0 Å². The molecule has 3 rings (SSSR count). The second kappa shape index (κ2) is 11.8. The lowest BCUT2D eigenvalue weighted by molar-refractivity contribution is 0.686. The quantitative estimate of drug-likeness (QED) is 0.276. The number of hydrogen-bond acceptors (Lipinski definition) is 4. The van der Waals surface area contributed by atoms with E-state index in [0.29, 0.717) is 6.54 Å². The summed E-state index contributed by atoms with van der Waals surface area (Å²) in [4.78, 5) is 9.16. The van der Waals surface area contributed by atoms with Crippen LogP contribution in [0, 0.1) is 6.92 Å². The van der Waals surface area contributed by atoms with Crippen molar-refractivity contribution in [2.75, 3.05) is 13.1 Å². The highest BCUT2D eigenvalue weighted by atomic mass is 127. The first-order valence-electron chi connectivity index (χ1n) is 9.21. The van der Waals surface area contributed by atoms with Gasteiger partial charge in [0.2, 0.25) is 0 Å². The van der Waals surface area contributed by atoms with Crippen molar-refractivity contribution in [3.05, 3.63) is 69.9 Å². The zero-order valence-electron chi connectivity index (χ0n) is 16.3. The van der Waals surface area contributed by atoms with Gasteiger partial charge < -0.3 is 10.6 Å². The molecule has 150 valence electrons. The number of aliphatic imine (C=N–C) groups is 1. The van der Waals surface area contributed by atoms with E-state index in [9.17, 15) is 0 Å². The van der Waals surface area contributed by atoms with Crippen LogP contribution in [0.25, 0.3) is 0 Å². The molecule has 2 aromatic heterocycles. The Morgan fingerprint density at radius 3 is 2.71 bits per heavy atom. The molecule has 0 amide bonds. The van der Waals surface area contributed by atoms with Crippen LogP contribution >= 0.6 is 35.3 Å². The van der Waals surface area contributed by atoms with Crippen LogP contribution in [0.1, 0.15) is 28.8 Å². The van der Waals surface area contributed by atoms with Crippen molar-refractivity contribution in [3.63, 3.8) is 0 Å². The Balaban J connectivity index is 0.00000280. The van der Waals surface area contributed by atoms with Gasteiger partial charge in [0.1, 0.15) is 0 Å². The van der Waals surface area contributed by atoms with Crippen LogP contribution in [0.15, 0.2) is 53.1 Å². The largest absolute Gasteiger partial charge is 0.357 e. The summed E-state index contributed by atoms with van der Waals surface area (Å²) in [5.41, 5.74) is 3.46. The molecule has 6 nitrogen and oxygen atoms in total. The molecule has 1 aromatic carbocycles. The van der Waals surface area contributed by atoms with E-state index in [2.05, 4.69) is 56.3 Å². The number of rotatable bonds is 8. The standard InChI is InChI=1S/C20H26N6S.HI/c1-3-21-20(22-10-9-19-15-27-16(2)25-19)23-11-18-12-24-26(14-18)13-17-7-5-4-6-8-17;/h4-8,12,14-15H,3,9-11,13H2,1-2H3,(H2,21,22,23);1H. The normalized spacial score (nSPS) is 11.1. The summed E-state index contributed by atoms with van der Waals surface area (Å²) >= 11 is 1.69. The zero-order valence-corrected chi connectivity index (χ0v) is 19.4. The first-order valence-corrected chi connectivity index (χ1v) is 10.1. The summed E-state index contributed by atoms with van der Waals surface area (Å²) in [5, 5.41) is 14.3. The summed E-state index contributed by atoms with van der Waals surface area (Å²) in [6, 6.07) is 10.3. The molecule has 0 aliphatic carbocycles. The molecule has 0 aliphatic rings. The highest BCUT2D eigenvalue weighted by molar-refractivity contribution is 14.0. The summed E-state index contributed by atoms with van der Waals surface area (Å²) in [7, 11) is 0. The van der Waals surface area contributed by atoms with Gasteiger partial charge >= 0.3 is 0 Å². The fraction of sp³-hybridized carbons (Fsp3) is 0.350. The number of guanidine groups is 1. The van der Waals surface area contributed by atoms with Crippen LogP contribution in [0.3, 0.4) is 0 Å². The first-order chi connectivity index (χ1) is 13.2. The number of hydrogen-bond donors (Lipinski definition) is 2. The number of aryl methyl sites for hydroxylation is 1. The van der Waals surface area contributed by atoms with Crippen molar-refractivity contribution >= 4 is 41.3 Å². The van der Waals surface area contributed by atoms with E-state index in [4.69, 9.17) is 0 Å². The van der Waals surface area contributed by atoms with E-state index < -0.39 is 0 Å². The minimum atomic E-state index is 0. The Hall–Kier alpha value is -1.94. The summed E-state index contributed by atoms with van der Waals surface area (Å²) < 4.78 is 1.95. The summed E-state index contributed by atoms with van der Waals surface area (Å²) in [6.45, 7) is 7.11. The van der Waals surface area contributed by atoms with Crippen molar-refractivity contribution < 1.29 is 0 Å². The average molecular weight is 510 g/mol. The number of aromatic nitrogens is 3. The van der Waals surface area contributed by atoms with Gasteiger partial charge in [-0.25, -0.2) is 9.98 Å². The molecule has 0 saturated heterocycles. The Labute approximate surface area is 187 Å². The topological polar surface area (TPSA) is 67.1 Å². The number of thiazole rings is 1. The third-order valence-electron chi connectivity index (χ3n) is 3.98. The monoisotopic (exact) mass is 510 g/mol. The first kappa shape index (κ1) is 22.4. The molecule has 0 radical (unpaired) electrons. The summed E-state index contributed by atoms with van der Waals surface area (Å²) in [5.74, 6) is 0.820. The van der Waals surface area contributed by atoms with Crippen LogP contribution < -0.4 is 10.6 Å². The van der Waals surface area contributed by atoms with Crippen molar-refractivity contribution in [2.45, 2.75) is 33.4 Å². The Bertz CT molecular complexity index is 858. The maximum absolute atomic E-state index is 4.66. The third kappa shape index (κ3) is 7.23. The van der Waals surface area contributed by atoms with Crippen molar-refractivity contribution in [3.8, 4) is 0 Å². The van der Waals surface area contributed by atoms with Gasteiger partial charge in [-0.3, -0.25) is 4.68 Å². The highest BCUT2D eigenvalue weighted by Gasteiger charge is 2.03. The Kier molecular flexibility index (Phi) is 9.42. The maximum atomic E-state index is 4.66. The minimum absolute atomic E-state index is 0. The van der Waals surface area contributed by atoms with Crippen molar-refractivity contribution in [1.82, 2.24) is 25.4 Å². The molecule has 3 aromatic rings. The molecule has 2 N–H and O–H groups in total.